The SMILES string of the molecule is CC/C=C\C/C=C\C/C=C\C/C=C\CCCCCCC(=O)OCC(COP(=O)(O)OCC(O)COP(=O)(O)OCC(COC(=O)CCCCCCC/C=C\C/C=C\CCCCC)OC(=O)CCCCCCC/C=C\CCCCCC)OC(=O)CCCCCC/C=C\C/C=C\C/C=C\C/C=C\CC. The van der Waals surface area contributed by atoms with Gasteiger partial charge in [0.1, 0.15) is 19.3 Å². The van der Waals surface area contributed by atoms with Gasteiger partial charge in [0, 0.05) is 25.7 Å². The second kappa shape index (κ2) is 74.5. The number of hydrogen-bond acceptors (Lipinski definition) is 15. The molecule has 102 heavy (non-hydrogen) atoms. The van der Waals surface area contributed by atoms with E-state index < -0.39 is 97.5 Å². The average Bonchev–Trinajstić information content (AvgIpc) is 0.959. The highest BCUT2D eigenvalue weighted by atomic mass is 31.2. The van der Waals surface area contributed by atoms with E-state index in [1.54, 1.807) is 0 Å². The van der Waals surface area contributed by atoms with Crippen LogP contribution in [0.5, 0.6) is 0 Å². The van der Waals surface area contributed by atoms with Gasteiger partial charge < -0.3 is 33.8 Å². The summed E-state index contributed by atoms with van der Waals surface area (Å²) < 4.78 is 68.5. The summed E-state index contributed by atoms with van der Waals surface area (Å²) in [6.45, 7) is 4.53. The molecule has 19 heteroatoms. The average molecular weight is 1470 g/mol. The molecule has 0 radical (unpaired) electrons. The summed E-state index contributed by atoms with van der Waals surface area (Å²) in [5.41, 5.74) is 0. The molecule has 0 fully saturated rings. The lowest BCUT2D eigenvalue weighted by Gasteiger charge is -2.21. The van der Waals surface area contributed by atoms with Crippen LogP contribution in [0.15, 0.2) is 134 Å². The van der Waals surface area contributed by atoms with Crippen molar-refractivity contribution in [2.75, 3.05) is 39.6 Å². The summed E-state index contributed by atoms with van der Waals surface area (Å²) >= 11 is 0. The number of carbonyl (C=O) groups excluding carboxylic acids is 4. The van der Waals surface area contributed by atoms with E-state index in [1.807, 2.05) is 0 Å². The Morgan fingerprint density at radius 2 is 0.510 bits per heavy atom. The minimum absolute atomic E-state index is 0.0573. The molecule has 0 heterocycles. The third-order valence-corrected chi connectivity index (χ3v) is 18.0. The van der Waals surface area contributed by atoms with E-state index in [1.165, 1.54) is 44.9 Å². The molecule has 17 nitrogen and oxygen atoms in total. The molecule has 5 atom stereocenters. The Morgan fingerprint density at radius 3 is 0.814 bits per heavy atom. The number of allylic oxidation sites excluding steroid dienone is 22. The largest absolute Gasteiger partial charge is 0.472 e. The zero-order chi connectivity index (χ0) is 74.6. The lowest BCUT2D eigenvalue weighted by molar-refractivity contribution is -0.161. The van der Waals surface area contributed by atoms with Crippen molar-refractivity contribution in [2.45, 2.75) is 329 Å². The van der Waals surface area contributed by atoms with Crippen LogP contribution in [0.25, 0.3) is 0 Å². The molecule has 584 valence electrons. The Kier molecular flexibility index (Phi) is 71.0. The van der Waals surface area contributed by atoms with Crippen molar-refractivity contribution < 1.29 is 80.2 Å². The van der Waals surface area contributed by atoms with E-state index >= 15 is 0 Å². The first kappa shape index (κ1) is 97.2. The topological polar surface area (TPSA) is 237 Å². The van der Waals surface area contributed by atoms with Gasteiger partial charge in [-0.3, -0.25) is 37.3 Å². The summed E-state index contributed by atoms with van der Waals surface area (Å²) in [7, 11) is -9.98. The van der Waals surface area contributed by atoms with E-state index in [-0.39, 0.29) is 25.7 Å². The Morgan fingerprint density at radius 1 is 0.284 bits per heavy atom. The number of aliphatic hydroxyl groups is 1. The van der Waals surface area contributed by atoms with Crippen molar-refractivity contribution >= 4 is 39.5 Å². The molecule has 0 saturated carbocycles. The Hall–Kier alpha value is -4.80. The van der Waals surface area contributed by atoms with E-state index in [0.717, 1.165) is 186 Å². The van der Waals surface area contributed by atoms with Crippen LogP contribution in [-0.2, 0) is 65.4 Å². The van der Waals surface area contributed by atoms with Gasteiger partial charge in [0.15, 0.2) is 12.2 Å². The predicted molar refractivity (Wildman–Crippen MR) is 418 cm³/mol. The third kappa shape index (κ3) is 73.5. The second-order valence-electron chi connectivity index (χ2n) is 25.9. The molecule has 0 aliphatic heterocycles. The third-order valence-electron chi connectivity index (χ3n) is 16.1. The van der Waals surface area contributed by atoms with Crippen molar-refractivity contribution in [1.29, 1.82) is 0 Å². The first-order valence-corrected chi connectivity index (χ1v) is 42.4. The Balaban J connectivity index is 5.42. The molecule has 0 spiro atoms. The zero-order valence-corrected chi connectivity index (χ0v) is 65.5. The molecule has 0 bridgehead atoms. The maximum Gasteiger partial charge on any atom is 0.472 e. The number of phosphoric acid groups is 2. The monoisotopic (exact) mass is 1470 g/mol. The number of carbonyl (C=O) groups is 4. The van der Waals surface area contributed by atoms with Crippen LogP contribution in [-0.4, -0.2) is 96.7 Å². The number of aliphatic hydroxyl groups excluding tert-OH is 1. The fourth-order valence-corrected chi connectivity index (χ4v) is 11.7. The molecule has 0 rings (SSSR count). The molecule has 0 aromatic rings. The Labute approximate surface area is 618 Å². The standard InChI is InChI=1S/C83H140O17P2/c1-5-9-13-17-21-25-29-33-36-38-41-45-48-52-56-60-64-68-81(86)94-74-79(100-83(88)70-66-62-58-54-50-46-42-39-37-34-30-26-22-18-14-10-6-2)76-98-102(91,92)96-72-77(84)71-95-101(89,90)97-75-78(99-82(87)69-65-61-57-53-49-43-32-28-24-20-16-12-8-4)73-93-80(85)67-63-59-55-51-47-44-40-35-31-27-23-19-15-11-7-3/h9-10,13-14,21-23,25-28,32-37,40-42,45-46,77-79,84H,5-8,11-12,15-20,24,29-31,38-39,43-44,47-76H2,1-4H3,(H,89,90)(H,91,92)/b13-9-,14-10-,25-21-,26-22-,27-23-,32-28-,36-33-,37-34-,40-35-,45-41-,46-42-. The van der Waals surface area contributed by atoms with Crippen molar-refractivity contribution in [2.24, 2.45) is 0 Å². The van der Waals surface area contributed by atoms with Crippen molar-refractivity contribution in [1.82, 2.24) is 0 Å². The van der Waals surface area contributed by atoms with Crippen LogP contribution in [0.4, 0.5) is 0 Å². The highest BCUT2D eigenvalue weighted by Crippen LogP contribution is 2.45. The molecule has 0 aliphatic rings. The van der Waals surface area contributed by atoms with Gasteiger partial charge in [-0.2, -0.15) is 0 Å². The van der Waals surface area contributed by atoms with Crippen LogP contribution >= 0.6 is 15.6 Å². The number of phosphoric ester groups is 2. The fraction of sp³-hybridized carbons (Fsp3) is 0.687. The van der Waals surface area contributed by atoms with E-state index in [4.69, 9.17) is 37.0 Å². The van der Waals surface area contributed by atoms with Crippen LogP contribution < -0.4 is 0 Å². The summed E-state index contributed by atoms with van der Waals surface area (Å²) in [6.07, 6.45) is 82.8. The van der Waals surface area contributed by atoms with Crippen molar-refractivity contribution in [3.63, 3.8) is 0 Å². The summed E-state index contributed by atoms with van der Waals surface area (Å²) in [4.78, 5) is 73.0. The number of ether oxygens (including phenoxy) is 4. The lowest BCUT2D eigenvalue weighted by atomic mass is 10.1. The highest BCUT2D eigenvalue weighted by Gasteiger charge is 2.30. The van der Waals surface area contributed by atoms with Crippen LogP contribution in [0.2, 0.25) is 0 Å². The number of hydrogen-bond donors (Lipinski definition) is 3. The van der Waals surface area contributed by atoms with Gasteiger partial charge in [-0.1, -0.05) is 258 Å². The molecule has 0 amide bonds. The Bertz CT molecular complexity index is 2460. The molecular weight excluding hydrogens is 1330 g/mol. The molecule has 0 saturated heterocycles. The first-order chi connectivity index (χ1) is 49.7. The molecular formula is C83H140O17P2. The number of rotatable bonds is 73. The van der Waals surface area contributed by atoms with Crippen LogP contribution in [0.3, 0.4) is 0 Å². The molecule has 3 N–H and O–H groups in total. The van der Waals surface area contributed by atoms with Crippen LogP contribution in [0, 0.1) is 0 Å². The molecule has 0 aromatic carbocycles. The minimum atomic E-state index is -4.99. The van der Waals surface area contributed by atoms with E-state index in [9.17, 15) is 43.2 Å². The smallest absolute Gasteiger partial charge is 0.462 e. The van der Waals surface area contributed by atoms with Crippen molar-refractivity contribution in [3.8, 4) is 0 Å². The quantitative estimate of drug-likeness (QED) is 0.0169. The van der Waals surface area contributed by atoms with E-state index in [0.29, 0.717) is 25.7 Å². The van der Waals surface area contributed by atoms with Crippen LogP contribution in [0.1, 0.15) is 310 Å². The fourth-order valence-electron chi connectivity index (χ4n) is 10.1. The van der Waals surface area contributed by atoms with Crippen molar-refractivity contribution in [3.05, 3.63) is 134 Å². The first-order valence-electron chi connectivity index (χ1n) is 39.4. The lowest BCUT2D eigenvalue weighted by Crippen LogP contribution is -2.30. The number of unbranched alkanes of at least 4 members (excludes halogenated alkanes) is 25. The van der Waals surface area contributed by atoms with E-state index in [2.05, 4.69) is 161 Å². The summed E-state index contributed by atoms with van der Waals surface area (Å²) in [5.74, 6) is -2.25. The summed E-state index contributed by atoms with van der Waals surface area (Å²) in [6, 6.07) is 0. The van der Waals surface area contributed by atoms with Gasteiger partial charge in [-0.15, -0.1) is 0 Å². The highest BCUT2D eigenvalue weighted by molar-refractivity contribution is 7.47. The van der Waals surface area contributed by atoms with Gasteiger partial charge in [0.25, 0.3) is 0 Å². The second-order valence-corrected chi connectivity index (χ2v) is 28.8. The molecule has 5 unspecified atom stereocenters. The minimum Gasteiger partial charge on any atom is -0.462 e. The normalized spacial score (nSPS) is 14.6. The summed E-state index contributed by atoms with van der Waals surface area (Å²) in [5, 5.41) is 10.6. The van der Waals surface area contributed by atoms with Gasteiger partial charge >= 0.3 is 39.5 Å². The maximum atomic E-state index is 13.1. The number of esters is 4. The van der Waals surface area contributed by atoms with Gasteiger partial charge in [0.2, 0.25) is 0 Å². The zero-order valence-electron chi connectivity index (χ0n) is 63.7. The van der Waals surface area contributed by atoms with Gasteiger partial charge in [-0.05, 0) is 161 Å². The van der Waals surface area contributed by atoms with Gasteiger partial charge in [0.05, 0.1) is 26.4 Å². The predicted octanol–water partition coefficient (Wildman–Crippen LogP) is 22.9. The molecule has 0 aromatic heterocycles. The molecule has 0 aliphatic carbocycles. The maximum absolute atomic E-state index is 13.1. The van der Waals surface area contributed by atoms with Gasteiger partial charge in [-0.25, -0.2) is 9.13 Å².